The van der Waals surface area contributed by atoms with E-state index in [-0.39, 0.29) is 17.7 Å². The summed E-state index contributed by atoms with van der Waals surface area (Å²) in [6, 6.07) is 22.0. The molecule has 0 saturated carbocycles. The third-order valence-electron chi connectivity index (χ3n) is 7.09. The lowest BCUT2D eigenvalue weighted by molar-refractivity contribution is -0.143. The van der Waals surface area contributed by atoms with Crippen LogP contribution in [0.25, 0.3) is 10.8 Å². The first-order valence-corrected chi connectivity index (χ1v) is 11.5. The molecular weight excluding hydrogens is 426 g/mol. The van der Waals surface area contributed by atoms with Gasteiger partial charge >= 0.3 is 5.97 Å². The van der Waals surface area contributed by atoms with Crippen LogP contribution >= 0.6 is 0 Å². The molecule has 1 aliphatic heterocycles. The van der Waals surface area contributed by atoms with Crippen molar-refractivity contribution in [3.63, 3.8) is 0 Å². The van der Waals surface area contributed by atoms with Gasteiger partial charge in [-0.2, -0.15) is 0 Å². The van der Waals surface area contributed by atoms with E-state index in [4.69, 9.17) is 14.5 Å². The smallest absolute Gasteiger partial charge is 0.315 e. The molecule has 172 valence electrons. The van der Waals surface area contributed by atoms with Crippen LogP contribution in [-0.2, 0) is 14.3 Å². The van der Waals surface area contributed by atoms with Crippen LogP contribution < -0.4 is 4.74 Å². The van der Waals surface area contributed by atoms with E-state index >= 15 is 0 Å². The number of aliphatic imine (C=N–C) groups is 1. The molecule has 5 rings (SSSR count). The number of fused-ring (bicyclic) bond motifs is 1. The Morgan fingerprint density at radius 3 is 2.41 bits per heavy atom. The van der Waals surface area contributed by atoms with E-state index in [0.29, 0.717) is 24.1 Å². The fraction of sp³-hybridized carbons (Fsp3) is 0.276. The lowest BCUT2D eigenvalue weighted by Gasteiger charge is -2.36. The molecule has 0 amide bonds. The van der Waals surface area contributed by atoms with Gasteiger partial charge in [-0.05, 0) is 53.3 Å². The number of allylic oxidation sites excluding steroid dienone is 2. The molecule has 1 aliphatic carbocycles. The van der Waals surface area contributed by atoms with E-state index in [1.54, 1.807) is 7.11 Å². The highest BCUT2D eigenvalue weighted by Crippen LogP contribution is 2.48. The minimum absolute atomic E-state index is 0.0385. The zero-order valence-electron chi connectivity index (χ0n) is 19.6. The van der Waals surface area contributed by atoms with Gasteiger partial charge < -0.3 is 9.47 Å². The maximum Gasteiger partial charge on any atom is 0.315 e. The minimum atomic E-state index is -0.629. The zero-order chi connectivity index (χ0) is 23.8. The molecule has 0 spiro atoms. The molecule has 0 radical (unpaired) electrons. The van der Waals surface area contributed by atoms with Gasteiger partial charge in [-0.25, -0.2) is 0 Å². The molecule has 3 aromatic rings. The third kappa shape index (κ3) is 3.71. The fourth-order valence-electron chi connectivity index (χ4n) is 5.46. The third-order valence-corrected chi connectivity index (χ3v) is 7.09. The number of ether oxygens (including phenoxy) is 2. The number of hydrogen-bond donors (Lipinski definition) is 0. The molecule has 0 N–H and O–H groups in total. The first-order chi connectivity index (χ1) is 16.5. The van der Waals surface area contributed by atoms with Crippen LogP contribution in [-0.4, -0.2) is 31.7 Å². The molecular formula is C29H27NO4. The molecule has 3 aromatic carbocycles. The Hall–Kier alpha value is -3.73. The van der Waals surface area contributed by atoms with Crippen molar-refractivity contribution in [2.24, 2.45) is 10.9 Å². The summed E-state index contributed by atoms with van der Waals surface area (Å²) in [6.07, 6.45) is 1.04. The highest BCUT2D eigenvalue weighted by Gasteiger charge is 2.45. The number of Topliss-reactive ketones (excluding diaryl/α,β-unsaturated/α-hetero) is 1. The first-order valence-electron chi connectivity index (χ1n) is 11.5. The summed E-state index contributed by atoms with van der Waals surface area (Å²) in [5, 5.41) is 2.11. The summed E-state index contributed by atoms with van der Waals surface area (Å²) >= 11 is 0. The topological polar surface area (TPSA) is 65.0 Å². The van der Waals surface area contributed by atoms with Gasteiger partial charge in [-0.3, -0.25) is 14.6 Å². The fourth-order valence-corrected chi connectivity index (χ4v) is 5.46. The maximum atomic E-state index is 13.7. The second-order valence-corrected chi connectivity index (χ2v) is 8.96. The van der Waals surface area contributed by atoms with Gasteiger partial charge in [0.2, 0.25) is 0 Å². The first kappa shape index (κ1) is 22.1. The standard InChI is InChI=1S/C29H27NO4/c1-17-26(29(32)34-3)27(23-10-6-8-19-7-4-5-9-22(19)23)28-24(30-17)15-20(16-25(28)31)18-11-13-21(33-2)14-12-18/h4-14,20,26-27H,15-16H2,1-3H3/t20-,26?,27+/m1/s1. The van der Waals surface area contributed by atoms with Gasteiger partial charge in [0.15, 0.2) is 5.78 Å². The van der Waals surface area contributed by atoms with Gasteiger partial charge in [-0.15, -0.1) is 0 Å². The lowest BCUT2D eigenvalue weighted by Crippen LogP contribution is -2.37. The molecule has 5 heteroatoms. The molecule has 1 unspecified atom stereocenters. The quantitative estimate of drug-likeness (QED) is 0.483. The number of rotatable bonds is 4. The molecule has 5 nitrogen and oxygen atoms in total. The SMILES string of the molecule is COC(=O)C1C(C)=NC2=C(C(=O)C[C@H](c3ccc(OC)cc3)C2)[C@H]1c1cccc2ccccc12. The number of nitrogens with zero attached hydrogens (tertiary/aromatic N) is 1. The van der Waals surface area contributed by atoms with Crippen LogP contribution in [0.3, 0.4) is 0 Å². The molecule has 34 heavy (non-hydrogen) atoms. The van der Waals surface area contributed by atoms with E-state index in [1.165, 1.54) is 7.11 Å². The summed E-state index contributed by atoms with van der Waals surface area (Å²) in [6.45, 7) is 1.87. The largest absolute Gasteiger partial charge is 0.497 e. The van der Waals surface area contributed by atoms with Crippen LogP contribution in [0.2, 0.25) is 0 Å². The van der Waals surface area contributed by atoms with E-state index in [9.17, 15) is 9.59 Å². The lowest BCUT2D eigenvalue weighted by atomic mass is 9.68. The van der Waals surface area contributed by atoms with Gasteiger partial charge in [0, 0.05) is 29.3 Å². The van der Waals surface area contributed by atoms with Crippen molar-refractivity contribution in [2.45, 2.75) is 31.6 Å². The molecule has 1 heterocycles. The Balaban J connectivity index is 1.64. The average Bonchev–Trinajstić information content (AvgIpc) is 2.87. The van der Waals surface area contributed by atoms with Crippen molar-refractivity contribution in [1.29, 1.82) is 0 Å². The Bertz CT molecular complexity index is 1330. The summed E-state index contributed by atoms with van der Waals surface area (Å²) in [5.74, 6) is -0.543. The van der Waals surface area contributed by atoms with Crippen LogP contribution in [0.5, 0.6) is 5.75 Å². The van der Waals surface area contributed by atoms with Crippen molar-refractivity contribution in [3.05, 3.63) is 89.1 Å². The molecule has 0 saturated heterocycles. The maximum absolute atomic E-state index is 13.7. The van der Waals surface area contributed by atoms with E-state index in [1.807, 2.05) is 73.7 Å². The van der Waals surface area contributed by atoms with Crippen LogP contribution in [0, 0.1) is 5.92 Å². The number of carbonyl (C=O) groups is 2. The van der Waals surface area contributed by atoms with Gasteiger partial charge in [0.1, 0.15) is 11.7 Å². The normalized spacial score (nSPS) is 22.3. The predicted molar refractivity (Wildman–Crippen MR) is 132 cm³/mol. The van der Waals surface area contributed by atoms with Gasteiger partial charge in [0.05, 0.1) is 14.2 Å². The van der Waals surface area contributed by atoms with Crippen LogP contribution in [0.15, 0.2) is 83.0 Å². The van der Waals surface area contributed by atoms with E-state index in [2.05, 4.69) is 0 Å². The number of ketones is 1. The number of methoxy groups -OCH3 is 2. The summed E-state index contributed by atoms with van der Waals surface area (Å²) < 4.78 is 10.5. The van der Waals surface area contributed by atoms with Gasteiger partial charge in [-0.1, -0.05) is 54.6 Å². The summed E-state index contributed by atoms with van der Waals surface area (Å²) in [7, 11) is 3.03. The number of benzene rings is 3. The van der Waals surface area contributed by atoms with Crippen molar-refractivity contribution < 1.29 is 19.1 Å². The van der Waals surface area contributed by atoms with E-state index < -0.39 is 11.8 Å². The summed E-state index contributed by atoms with van der Waals surface area (Å²) in [5.41, 5.74) is 4.18. The number of carbonyl (C=O) groups excluding carboxylic acids is 2. The Morgan fingerprint density at radius 1 is 0.941 bits per heavy atom. The Morgan fingerprint density at radius 2 is 1.68 bits per heavy atom. The monoisotopic (exact) mass is 453 g/mol. The number of esters is 1. The Kier molecular flexibility index (Phi) is 5.78. The highest BCUT2D eigenvalue weighted by atomic mass is 16.5. The van der Waals surface area contributed by atoms with Gasteiger partial charge in [0.25, 0.3) is 0 Å². The van der Waals surface area contributed by atoms with E-state index in [0.717, 1.165) is 33.3 Å². The Labute approximate surface area is 199 Å². The van der Waals surface area contributed by atoms with Crippen molar-refractivity contribution in [1.82, 2.24) is 0 Å². The molecule has 2 aliphatic rings. The van der Waals surface area contributed by atoms with Crippen molar-refractivity contribution in [2.75, 3.05) is 14.2 Å². The van der Waals surface area contributed by atoms with Crippen molar-refractivity contribution in [3.8, 4) is 5.75 Å². The van der Waals surface area contributed by atoms with Crippen molar-refractivity contribution >= 4 is 28.2 Å². The van der Waals surface area contributed by atoms with Crippen LogP contribution in [0.4, 0.5) is 0 Å². The molecule has 3 atom stereocenters. The predicted octanol–water partition coefficient (Wildman–Crippen LogP) is 5.60. The molecule has 0 aromatic heterocycles. The summed E-state index contributed by atoms with van der Waals surface area (Å²) in [4.78, 5) is 31.5. The highest BCUT2D eigenvalue weighted by molar-refractivity contribution is 6.10. The average molecular weight is 454 g/mol. The minimum Gasteiger partial charge on any atom is -0.497 e. The second kappa shape index (κ2) is 8.90. The van der Waals surface area contributed by atoms with Crippen LogP contribution in [0.1, 0.15) is 42.7 Å². The second-order valence-electron chi connectivity index (χ2n) is 8.96. The molecule has 0 fully saturated rings. The number of hydrogen-bond acceptors (Lipinski definition) is 5. The zero-order valence-corrected chi connectivity index (χ0v) is 19.6. The molecule has 0 bridgehead atoms.